The molecule has 142 valence electrons. The number of fused-ring (bicyclic) bond motifs is 1. The van der Waals surface area contributed by atoms with E-state index in [2.05, 4.69) is 5.32 Å². The number of anilines is 1. The Morgan fingerprint density at radius 3 is 2.52 bits per heavy atom. The third-order valence-corrected chi connectivity index (χ3v) is 4.45. The number of benzene rings is 2. The van der Waals surface area contributed by atoms with Gasteiger partial charge in [0.2, 0.25) is 5.91 Å². The summed E-state index contributed by atoms with van der Waals surface area (Å²) in [6.45, 7) is 7.14. The van der Waals surface area contributed by atoms with Gasteiger partial charge in [0.05, 0.1) is 0 Å². The minimum absolute atomic E-state index is 0.0167. The number of hydrogen-bond acceptors (Lipinski definition) is 4. The quantitative estimate of drug-likeness (QED) is 0.880. The number of nitrogens with zero attached hydrogens (tertiary/aromatic N) is 1. The normalized spacial score (nSPS) is 12.4. The van der Waals surface area contributed by atoms with Crippen LogP contribution in [0.15, 0.2) is 36.4 Å². The summed E-state index contributed by atoms with van der Waals surface area (Å²) in [5.41, 5.74) is 3.15. The van der Waals surface area contributed by atoms with E-state index in [9.17, 15) is 9.59 Å². The molecule has 1 aliphatic rings. The molecule has 6 heteroatoms. The number of amides is 2. The third kappa shape index (κ3) is 4.39. The lowest BCUT2D eigenvalue weighted by Gasteiger charge is -2.22. The van der Waals surface area contributed by atoms with Gasteiger partial charge in [-0.3, -0.25) is 9.59 Å². The maximum absolute atomic E-state index is 12.8. The lowest BCUT2D eigenvalue weighted by molar-refractivity contribution is -0.116. The number of rotatable bonds is 5. The number of likely N-dealkylation sites (N-methyl/N-ethyl adjacent to an activating group) is 1. The highest BCUT2D eigenvalue weighted by Crippen LogP contribution is 2.32. The number of hydrogen-bond donors (Lipinski definition) is 1. The monoisotopic (exact) mass is 368 g/mol. The Kier molecular flexibility index (Phi) is 5.64. The molecule has 0 spiro atoms. The molecule has 2 amide bonds. The summed E-state index contributed by atoms with van der Waals surface area (Å²) in [4.78, 5) is 26.8. The Morgan fingerprint density at radius 2 is 1.78 bits per heavy atom. The van der Waals surface area contributed by atoms with E-state index in [0.29, 0.717) is 42.5 Å². The fourth-order valence-electron chi connectivity index (χ4n) is 2.96. The molecule has 0 unspecified atom stereocenters. The molecule has 3 rings (SSSR count). The standard InChI is InChI=1S/C21H24N2O4/c1-4-23(21(25)17-11-14(2)5-6-15(17)3)13-20(24)22-16-7-8-18-19(12-16)27-10-9-26-18/h5-8,11-12H,4,9-10,13H2,1-3H3,(H,22,24). The Morgan fingerprint density at radius 1 is 1.04 bits per heavy atom. The van der Waals surface area contributed by atoms with Crippen LogP contribution in [0.3, 0.4) is 0 Å². The van der Waals surface area contributed by atoms with Crippen LogP contribution in [0.25, 0.3) is 0 Å². The highest BCUT2D eigenvalue weighted by molar-refractivity contribution is 6.00. The topological polar surface area (TPSA) is 67.9 Å². The molecule has 0 bridgehead atoms. The van der Waals surface area contributed by atoms with Gasteiger partial charge in [0.15, 0.2) is 11.5 Å². The maximum Gasteiger partial charge on any atom is 0.254 e. The highest BCUT2D eigenvalue weighted by atomic mass is 16.6. The second-order valence-electron chi connectivity index (χ2n) is 6.54. The van der Waals surface area contributed by atoms with Crippen LogP contribution in [-0.2, 0) is 4.79 Å². The molecule has 0 fully saturated rings. The van der Waals surface area contributed by atoms with Gasteiger partial charge < -0.3 is 19.7 Å². The first-order chi connectivity index (χ1) is 13.0. The van der Waals surface area contributed by atoms with Crippen LogP contribution in [0.2, 0.25) is 0 Å². The maximum atomic E-state index is 12.8. The zero-order valence-corrected chi connectivity index (χ0v) is 15.9. The van der Waals surface area contributed by atoms with Crippen molar-refractivity contribution in [2.24, 2.45) is 0 Å². The molecule has 0 atom stereocenters. The Bertz CT molecular complexity index is 863. The summed E-state index contributed by atoms with van der Waals surface area (Å²) in [7, 11) is 0. The fraction of sp³-hybridized carbons (Fsp3) is 0.333. The molecule has 6 nitrogen and oxygen atoms in total. The van der Waals surface area contributed by atoms with Crippen molar-refractivity contribution in [3.8, 4) is 11.5 Å². The number of carbonyl (C=O) groups excluding carboxylic acids is 2. The van der Waals surface area contributed by atoms with E-state index in [4.69, 9.17) is 9.47 Å². The smallest absolute Gasteiger partial charge is 0.254 e. The molecule has 2 aromatic rings. The van der Waals surface area contributed by atoms with E-state index in [-0.39, 0.29) is 18.4 Å². The van der Waals surface area contributed by atoms with E-state index < -0.39 is 0 Å². The first kappa shape index (κ1) is 18.8. The van der Waals surface area contributed by atoms with Crippen molar-refractivity contribution < 1.29 is 19.1 Å². The summed E-state index contributed by atoms with van der Waals surface area (Å²) >= 11 is 0. The van der Waals surface area contributed by atoms with Gasteiger partial charge in [-0.15, -0.1) is 0 Å². The van der Waals surface area contributed by atoms with E-state index >= 15 is 0 Å². The first-order valence-corrected chi connectivity index (χ1v) is 9.04. The first-order valence-electron chi connectivity index (χ1n) is 9.04. The largest absolute Gasteiger partial charge is 0.486 e. The van der Waals surface area contributed by atoms with Crippen LogP contribution in [0.1, 0.15) is 28.4 Å². The predicted molar refractivity (Wildman–Crippen MR) is 104 cm³/mol. The van der Waals surface area contributed by atoms with Gasteiger partial charge in [-0.1, -0.05) is 17.7 Å². The molecule has 2 aromatic carbocycles. The van der Waals surface area contributed by atoms with Gasteiger partial charge in [-0.05, 0) is 44.5 Å². The molecule has 0 aliphatic carbocycles. The Balaban J connectivity index is 1.68. The Labute approximate surface area is 159 Å². The van der Waals surface area contributed by atoms with Crippen molar-refractivity contribution in [3.63, 3.8) is 0 Å². The van der Waals surface area contributed by atoms with E-state index in [1.165, 1.54) is 4.90 Å². The van der Waals surface area contributed by atoms with Gasteiger partial charge in [0.25, 0.3) is 5.91 Å². The van der Waals surface area contributed by atoms with Crippen LogP contribution >= 0.6 is 0 Å². The van der Waals surface area contributed by atoms with Crippen LogP contribution < -0.4 is 14.8 Å². The minimum Gasteiger partial charge on any atom is -0.486 e. The molecule has 0 saturated heterocycles. The number of carbonyl (C=O) groups is 2. The second-order valence-corrected chi connectivity index (χ2v) is 6.54. The highest BCUT2D eigenvalue weighted by Gasteiger charge is 2.20. The van der Waals surface area contributed by atoms with Gasteiger partial charge in [0, 0.05) is 23.9 Å². The number of nitrogens with one attached hydrogen (secondary N) is 1. The van der Waals surface area contributed by atoms with Gasteiger partial charge in [-0.2, -0.15) is 0 Å². The summed E-state index contributed by atoms with van der Waals surface area (Å²) in [6.07, 6.45) is 0. The average molecular weight is 368 g/mol. The zero-order valence-electron chi connectivity index (χ0n) is 15.9. The third-order valence-electron chi connectivity index (χ3n) is 4.45. The minimum atomic E-state index is -0.257. The van der Waals surface area contributed by atoms with Crippen LogP contribution in [0, 0.1) is 13.8 Å². The van der Waals surface area contributed by atoms with Gasteiger partial charge >= 0.3 is 0 Å². The van der Waals surface area contributed by atoms with Gasteiger partial charge in [-0.25, -0.2) is 0 Å². The molecule has 1 heterocycles. The summed E-state index contributed by atoms with van der Waals surface area (Å²) in [6, 6.07) is 11.0. The van der Waals surface area contributed by atoms with Crippen molar-refractivity contribution in [1.82, 2.24) is 4.90 Å². The fourth-order valence-corrected chi connectivity index (χ4v) is 2.96. The lowest BCUT2D eigenvalue weighted by Crippen LogP contribution is -2.38. The molecule has 0 aromatic heterocycles. The SMILES string of the molecule is CCN(CC(=O)Nc1ccc2c(c1)OCCO2)C(=O)c1cc(C)ccc1C. The molecule has 0 saturated carbocycles. The van der Waals surface area contributed by atoms with Crippen molar-refractivity contribution in [2.75, 3.05) is 31.6 Å². The van der Waals surface area contributed by atoms with Crippen molar-refractivity contribution in [2.45, 2.75) is 20.8 Å². The van der Waals surface area contributed by atoms with E-state index in [0.717, 1.165) is 11.1 Å². The molecular weight excluding hydrogens is 344 g/mol. The van der Waals surface area contributed by atoms with Crippen LogP contribution in [-0.4, -0.2) is 43.0 Å². The average Bonchev–Trinajstić information content (AvgIpc) is 2.67. The molecule has 1 N–H and O–H groups in total. The summed E-state index contributed by atoms with van der Waals surface area (Å²) in [5.74, 6) is 0.876. The number of aryl methyl sites for hydroxylation is 2. The zero-order chi connectivity index (χ0) is 19.4. The molecule has 27 heavy (non-hydrogen) atoms. The summed E-state index contributed by atoms with van der Waals surface area (Å²) in [5, 5.41) is 2.82. The van der Waals surface area contributed by atoms with Crippen molar-refractivity contribution >= 4 is 17.5 Å². The lowest BCUT2D eigenvalue weighted by atomic mass is 10.0. The molecule has 0 radical (unpaired) electrons. The van der Waals surface area contributed by atoms with E-state index in [1.807, 2.05) is 39.0 Å². The summed E-state index contributed by atoms with van der Waals surface area (Å²) < 4.78 is 11.0. The second kappa shape index (κ2) is 8.12. The van der Waals surface area contributed by atoms with Crippen LogP contribution in [0.4, 0.5) is 5.69 Å². The molecule has 1 aliphatic heterocycles. The molecular formula is C21H24N2O4. The van der Waals surface area contributed by atoms with Crippen molar-refractivity contribution in [1.29, 1.82) is 0 Å². The predicted octanol–water partition coefficient (Wildman–Crippen LogP) is 3.18. The Hall–Kier alpha value is -3.02. The van der Waals surface area contributed by atoms with Crippen LogP contribution in [0.5, 0.6) is 11.5 Å². The van der Waals surface area contributed by atoms with Crippen molar-refractivity contribution in [3.05, 3.63) is 53.1 Å². The van der Waals surface area contributed by atoms with E-state index in [1.54, 1.807) is 18.2 Å². The van der Waals surface area contributed by atoms with Gasteiger partial charge in [0.1, 0.15) is 19.8 Å². The number of ether oxygens (including phenoxy) is 2.